The first-order valence-electron chi connectivity index (χ1n) is 7.98. The van der Waals surface area contributed by atoms with Crippen LogP contribution in [-0.4, -0.2) is 27.1 Å². The molecule has 116 valence electrons. The van der Waals surface area contributed by atoms with Gasteiger partial charge in [-0.1, -0.05) is 31.5 Å². The lowest BCUT2D eigenvalue weighted by molar-refractivity contribution is -0.135. The van der Waals surface area contributed by atoms with Crippen LogP contribution in [0, 0.1) is 12.8 Å². The van der Waals surface area contributed by atoms with Crippen LogP contribution in [0.15, 0.2) is 30.5 Å². The van der Waals surface area contributed by atoms with E-state index in [2.05, 4.69) is 36.3 Å². The van der Waals surface area contributed by atoms with Crippen LogP contribution in [0.4, 0.5) is 0 Å². The van der Waals surface area contributed by atoms with E-state index in [0.717, 1.165) is 25.1 Å². The average Bonchev–Trinajstić information content (AvgIpc) is 2.77. The molecule has 0 bridgehead atoms. The number of hydrogen-bond donors (Lipinski definition) is 0. The Morgan fingerprint density at radius 3 is 2.64 bits per heavy atom. The fourth-order valence-corrected chi connectivity index (χ4v) is 2.99. The number of carbonyl (C=O) groups is 1. The monoisotopic (exact) mass is 297 g/mol. The number of nitrogens with zero attached hydrogens (tertiary/aromatic N) is 3. The fourth-order valence-electron chi connectivity index (χ4n) is 2.99. The van der Waals surface area contributed by atoms with Crippen molar-refractivity contribution in [3.05, 3.63) is 47.3 Å². The van der Waals surface area contributed by atoms with Gasteiger partial charge in [-0.05, 0) is 31.9 Å². The summed E-state index contributed by atoms with van der Waals surface area (Å²) in [6.45, 7) is 7.52. The Labute approximate surface area is 131 Å². The van der Waals surface area contributed by atoms with Crippen molar-refractivity contribution >= 4 is 5.91 Å². The molecule has 2 heterocycles. The fraction of sp³-hybridized carbons (Fsp3) is 0.444. The number of aryl methyl sites for hydroxylation is 1. The van der Waals surface area contributed by atoms with Crippen molar-refractivity contribution in [2.24, 2.45) is 5.92 Å². The van der Waals surface area contributed by atoms with Gasteiger partial charge >= 0.3 is 0 Å². The van der Waals surface area contributed by atoms with Crippen molar-refractivity contribution < 1.29 is 4.79 Å². The van der Waals surface area contributed by atoms with Gasteiger partial charge in [-0.2, -0.15) is 5.10 Å². The van der Waals surface area contributed by atoms with E-state index in [1.807, 2.05) is 29.6 Å². The first kappa shape index (κ1) is 14.8. The van der Waals surface area contributed by atoms with E-state index in [1.165, 1.54) is 16.8 Å². The summed E-state index contributed by atoms with van der Waals surface area (Å²) < 4.78 is 2.03. The Kier molecular flexibility index (Phi) is 4.01. The van der Waals surface area contributed by atoms with Crippen molar-refractivity contribution in [2.45, 2.75) is 40.2 Å². The third-order valence-corrected chi connectivity index (χ3v) is 4.24. The third-order valence-electron chi connectivity index (χ3n) is 4.24. The quantitative estimate of drug-likeness (QED) is 0.854. The second-order valence-corrected chi connectivity index (χ2v) is 6.38. The van der Waals surface area contributed by atoms with E-state index in [0.29, 0.717) is 6.54 Å². The van der Waals surface area contributed by atoms with Crippen LogP contribution >= 0.6 is 0 Å². The predicted octanol–water partition coefficient (Wildman–Crippen LogP) is 3.11. The molecule has 0 aliphatic carbocycles. The highest BCUT2D eigenvalue weighted by atomic mass is 16.2. The molecule has 2 aromatic rings. The summed E-state index contributed by atoms with van der Waals surface area (Å²) in [5.41, 5.74) is 4.75. The van der Waals surface area contributed by atoms with E-state index in [4.69, 9.17) is 0 Å². The minimum absolute atomic E-state index is 0.0497. The van der Waals surface area contributed by atoms with Crippen LogP contribution in [0.2, 0.25) is 0 Å². The molecular weight excluding hydrogens is 274 g/mol. The van der Waals surface area contributed by atoms with E-state index in [1.54, 1.807) is 0 Å². The molecule has 0 radical (unpaired) electrons. The molecule has 0 saturated heterocycles. The molecular formula is C18H23N3O. The smallest absolute Gasteiger partial charge is 0.225 e. The van der Waals surface area contributed by atoms with Crippen LogP contribution in [0.3, 0.4) is 0 Å². The lowest BCUT2D eigenvalue weighted by atomic mass is 10.1. The lowest BCUT2D eigenvalue weighted by Crippen LogP contribution is -2.33. The van der Waals surface area contributed by atoms with E-state index >= 15 is 0 Å². The second kappa shape index (κ2) is 5.95. The van der Waals surface area contributed by atoms with Crippen LogP contribution < -0.4 is 0 Å². The van der Waals surface area contributed by atoms with Crippen LogP contribution in [-0.2, 0) is 17.8 Å². The van der Waals surface area contributed by atoms with Crippen LogP contribution in [0.5, 0.6) is 0 Å². The van der Waals surface area contributed by atoms with E-state index in [-0.39, 0.29) is 11.8 Å². The number of carbonyl (C=O) groups excluding carboxylic acids is 1. The number of fused-ring (bicyclic) bond motifs is 1. The van der Waals surface area contributed by atoms with Crippen molar-refractivity contribution in [2.75, 3.05) is 6.54 Å². The summed E-state index contributed by atoms with van der Waals surface area (Å²) in [7, 11) is 0. The minimum atomic E-state index is 0.0497. The number of aromatic nitrogens is 2. The highest BCUT2D eigenvalue weighted by Crippen LogP contribution is 2.22. The molecule has 3 rings (SSSR count). The molecule has 1 aromatic heterocycles. The predicted molar refractivity (Wildman–Crippen MR) is 86.9 cm³/mol. The molecule has 1 amide bonds. The standard InChI is InChI=1S/C18H23N3O/c1-13(2)18(22)20-10-4-5-17-15(12-20)11-19-21(17)16-8-6-14(3)7-9-16/h6-9,11,13H,4-5,10,12H2,1-3H3. The van der Waals surface area contributed by atoms with Gasteiger partial charge < -0.3 is 4.90 Å². The normalized spacial score (nSPS) is 14.8. The first-order chi connectivity index (χ1) is 10.6. The zero-order valence-corrected chi connectivity index (χ0v) is 13.5. The van der Waals surface area contributed by atoms with Gasteiger partial charge in [0.2, 0.25) is 5.91 Å². The van der Waals surface area contributed by atoms with Crippen LogP contribution in [0.1, 0.15) is 37.1 Å². The largest absolute Gasteiger partial charge is 0.338 e. The zero-order chi connectivity index (χ0) is 15.7. The Hall–Kier alpha value is -2.10. The van der Waals surface area contributed by atoms with Gasteiger partial charge in [-0.3, -0.25) is 4.79 Å². The summed E-state index contributed by atoms with van der Waals surface area (Å²) in [4.78, 5) is 14.2. The Bertz CT molecular complexity index is 670. The molecule has 22 heavy (non-hydrogen) atoms. The number of hydrogen-bond acceptors (Lipinski definition) is 2. The summed E-state index contributed by atoms with van der Waals surface area (Å²) in [5.74, 6) is 0.282. The van der Waals surface area contributed by atoms with Gasteiger partial charge in [0.05, 0.1) is 11.9 Å². The molecule has 1 aliphatic rings. The van der Waals surface area contributed by atoms with Crippen molar-refractivity contribution in [3.63, 3.8) is 0 Å². The lowest BCUT2D eigenvalue weighted by Gasteiger charge is -2.22. The van der Waals surface area contributed by atoms with Gasteiger partial charge in [0.1, 0.15) is 0 Å². The van der Waals surface area contributed by atoms with Crippen molar-refractivity contribution in [3.8, 4) is 5.69 Å². The zero-order valence-electron chi connectivity index (χ0n) is 13.5. The van der Waals surface area contributed by atoms with Gasteiger partial charge in [-0.25, -0.2) is 4.68 Å². The minimum Gasteiger partial charge on any atom is -0.338 e. The maximum atomic E-state index is 12.3. The molecule has 0 spiro atoms. The molecule has 0 saturated carbocycles. The molecule has 0 fully saturated rings. The van der Waals surface area contributed by atoms with Gasteiger partial charge in [0.25, 0.3) is 0 Å². The maximum Gasteiger partial charge on any atom is 0.225 e. The molecule has 0 N–H and O–H groups in total. The van der Waals surface area contributed by atoms with Crippen molar-refractivity contribution in [1.82, 2.24) is 14.7 Å². The van der Waals surface area contributed by atoms with Gasteiger partial charge in [0, 0.05) is 30.3 Å². The molecule has 0 unspecified atom stereocenters. The van der Waals surface area contributed by atoms with Crippen molar-refractivity contribution in [1.29, 1.82) is 0 Å². The number of amides is 1. The Morgan fingerprint density at radius 1 is 1.23 bits per heavy atom. The van der Waals surface area contributed by atoms with E-state index < -0.39 is 0 Å². The maximum absolute atomic E-state index is 12.3. The topological polar surface area (TPSA) is 38.1 Å². The molecule has 0 atom stereocenters. The molecule has 1 aliphatic heterocycles. The Morgan fingerprint density at radius 2 is 1.95 bits per heavy atom. The summed E-state index contributed by atoms with van der Waals surface area (Å²) in [5, 5.41) is 4.56. The number of benzene rings is 1. The Balaban J connectivity index is 1.90. The molecule has 4 heteroatoms. The summed E-state index contributed by atoms with van der Waals surface area (Å²) in [6.07, 6.45) is 3.87. The van der Waals surface area contributed by atoms with Gasteiger partial charge in [-0.15, -0.1) is 0 Å². The summed E-state index contributed by atoms with van der Waals surface area (Å²) in [6, 6.07) is 8.42. The van der Waals surface area contributed by atoms with E-state index in [9.17, 15) is 4.79 Å². The number of rotatable bonds is 2. The van der Waals surface area contributed by atoms with Crippen LogP contribution in [0.25, 0.3) is 5.69 Å². The highest BCUT2D eigenvalue weighted by Gasteiger charge is 2.23. The molecule has 4 nitrogen and oxygen atoms in total. The third kappa shape index (κ3) is 2.78. The average molecular weight is 297 g/mol. The molecule has 1 aromatic carbocycles. The highest BCUT2D eigenvalue weighted by molar-refractivity contribution is 5.78. The summed E-state index contributed by atoms with van der Waals surface area (Å²) >= 11 is 0. The first-order valence-corrected chi connectivity index (χ1v) is 7.98. The second-order valence-electron chi connectivity index (χ2n) is 6.38. The van der Waals surface area contributed by atoms with Gasteiger partial charge in [0.15, 0.2) is 0 Å². The SMILES string of the molecule is Cc1ccc(-n2ncc3c2CCCN(C(=O)C(C)C)C3)cc1.